The lowest BCUT2D eigenvalue weighted by Crippen LogP contribution is -2.28. The maximum Gasteiger partial charge on any atom is 0.210 e. The van der Waals surface area contributed by atoms with Crippen LogP contribution in [0.1, 0.15) is 65.2 Å². The predicted octanol–water partition coefficient (Wildman–Crippen LogP) is 4.03. The molecule has 0 aliphatic heterocycles. The van der Waals surface area contributed by atoms with Crippen LogP contribution in [0, 0.1) is 0 Å². The number of rotatable bonds is 9. The Morgan fingerprint density at radius 3 is 2.07 bits per heavy atom. The zero-order chi connectivity index (χ0) is 11.7. The highest BCUT2D eigenvalue weighted by atomic mass is 32.2. The van der Waals surface area contributed by atoms with Crippen molar-refractivity contribution in [2.45, 2.75) is 70.2 Å². The Bertz CT molecular complexity index is 187. The Morgan fingerprint density at radius 2 is 1.60 bits per heavy atom. The second-order valence-electron chi connectivity index (χ2n) is 4.05. The molecule has 0 saturated carbocycles. The molecule has 0 aliphatic rings. The molecule has 2 unspecified atom stereocenters. The molecule has 2 atom stereocenters. The third kappa shape index (κ3) is 6.25. The van der Waals surface area contributed by atoms with Gasteiger partial charge in [0.15, 0.2) is 11.1 Å². The summed E-state index contributed by atoms with van der Waals surface area (Å²) >= 11 is -2.34. The van der Waals surface area contributed by atoms with E-state index in [1.165, 1.54) is 0 Å². The maximum absolute atomic E-state index is 14.0. The van der Waals surface area contributed by atoms with Gasteiger partial charge in [-0.25, -0.2) is 8.60 Å². The molecule has 1 N–H and O–H groups in total. The second kappa shape index (κ2) is 8.22. The van der Waals surface area contributed by atoms with Gasteiger partial charge in [-0.15, -0.1) is 0 Å². The summed E-state index contributed by atoms with van der Waals surface area (Å²) in [7, 11) is 0. The van der Waals surface area contributed by atoms with Crippen LogP contribution in [-0.4, -0.2) is 13.8 Å². The van der Waals surface area contributed by atoms with Crippen LogP contribution in [0.2, 0.25) is 0 Å². The van der Waals surface area contributed by atoms with E-state index in [0.717, 1.165) is 25.7 Å². The molecule has 92 valence electrons. The molecule has 0 radical (unpaired) electrons. The van der Waals surface area contributed by atoms with Gasteiger partial charge in [0.05, 0.1) is 0 Å². The lowest BCUT2D eigenvalue weighted by molar-refractivity contribution is 0.218. The molecule has 0 spiro atoms. The molecule has 0 bridgehead atoms. The van der Waals surface area contributed by atoms with Gasteiger partial charge in [0.2, 0.25) is 5.00 Å². The van der Waals surface area contributed by atoms with Crippen molar-refractivity contribution >= 4 is 11.1 Å². The fraction of sp³-hybridized carbons (Fsp3) is 1.00. The monoisotopic (exact) mass is 238 g/mol. The zero-order valence-electron chi connectivity index (χ0n) is 9.80. The van der Waals surface area contributed by atoms with Crippen LogP contribution in [-0.2, 0) is 11.1 Å². The van der Waals surface area contributed by atoms with Crippen LogP contribution in [0.3, 0.4) is 0 Å². The SMILES string of the molecule is CCCCCCC(F)(CCCC)S(=O)O. The Hall–Kier alpha value is 0.0400. The fourth-order valence-corrected chi connectivity index (χ4v) is 2.19. The third-order valence-corrected chi connectivity index (χ3v) is 3.65. The molecule has 0 aliphatic carbocycles. The molecule has 15 heavy (non-hydrogen) atoms. The fourth-order valence-electron chi connectivity index (χ4n) is 1.56. The van der Waals surface area contributed by atoms with Crippen LogP contribution in [0.15, 0.2) is 0 Å². The van der Waals surface area contributed by atoms with Gasteiger partial charge in [-0.1, -0.05) is 39.5 Å². The summed E-state index contributed by atoms with van der Waals surface area (Å²) in [5.41, 5.74) is 0. The van der Waals surface area contributed by atoms with Gasteiger partial charge in [0.25, 0.3) is 0 Å². The molecule has 0 amide bonds. The highest BCUT2D eigenvalue weighted by Gasteiger charge is 2.35. The summed E-state index contributed by atoms with van der Waals surface area (Å²) in [6, 6.07) is 0. The van der Waals surface area contributed by atoms with Crippen LogP contribution in [0.4, 0.5) is 4.39 Å². The molecule has 0 aromatic carbocycles. The minimum atomic E-state index is -2.34. The second-order valence-corrected chi connectivity index (χ2v) is 5.28. The first kappa shape index (κ1) is 15.0. The minimum absolute atomic E-state index is 0.207. The van der Waals surface area contributed by atoms with E-state index in [1.54, 1.807) is 0 Å². The van der Waals surface area contributed by atoms with E-state index < -0.39 is 16.1 Å². The number of alkyl halides is 1. The van der Waals surface area contributed by atoms with Crippen molar-refractivity contribution in [2.24, 2.45) is 0 Å². The van der Waals surface area contributed by atoms with Crippen LogP contribution < -0.4 is 0 Å². The lowest BCUT2D eigenvalue weighted by Gasteiger charge is -2.20. The smallest absolute Gasteiger partial charge is 0.210 e. The van der Waals surface area contributed by atoms with Crippen molar-refractivity contribution in [3.8, 4) is 0 Å². The third-order valence-electron chi connectivity index (χ3n) is 2.62. The highest BCUT2D eigenvalue weighted by Crippen LogP contribution is 2.29. The number of hydrogen-bond donors (Lipinski definition) is 1. The molecule has 0 aromatic heterocycles. The first-order valence-electron chi connectivity index (χ1n) is 5.86. The van der Waals surface area contributed by atoms with Crippen molar-refractivity contribution < 1.29 is 13.2 Å². The summed E-state index contributed by atoms with van der Waals surface area (Å²) in [5.74, 6) is 0. The maximum atomic E-state index is 14.0. The van der Waals surface area contributed by atoms with Crippen LogP contribution in [0.25, 0.3) is 0 Å². The quantitative estimate of drug-likeness (QED) is 0.486. The van der Waals surface area contributed by atoms with E-state index in [2.05, 4.69) is 6.92 Å². The van der Waals surface area contributed by atoms with Crippen molar-refractivity contribution in [1.82, 2.24) is 0 Å². The first-order valence-corrected chi connectivity index (χ1v) is 6.97. The van der Waals surface area contributed by atoms with E-state index in [1.807, 2.05) is 6.92 Å². The summed E-state index contributed by atoms with van der Waals surface area (Å²) in [5, 5.41) is -1.87. The molecular weight excluding hydrogens is 215 g/mol. The predicted molar refractivity (Wildman–Crippen MR) is 62.9 cm³/mol. The summed E-state index contributed by atoms with van der Waals surface area (Å²) in [4.78, 5) is 0. The highest BCUT2D eigenvalue weighted by molar-refractivity contribution is 7.80. The van der Waals surface area contributed by atoms with E-state index in [0.29, 0.717) is 12.8 Å². The van der Waals surface area contributed by atoms with E-state index in [9.17, 15) is 8.60 Å². The van der Waals surface area contributed by atoms with Gasteiger partial charge in [0, 0.05) is 0 Å². The molecule has 0 saturated heterocycles. The summed E-state index contributed by atoms with van der Waals surface area (Å²) in [6.45, 7) is 4.04. The average molecular weight is 238 g/mol. The van der Waals surface area contributed by atoms with Gasteiger partial charge in [-0.05, 0) is 25.7 Å². The Kier molecular flexibility index (Phi) is 8.24. The Morgan fingerprint density at radius 1 is 1.07 bits per heavy atom. The molecule has 4 heteroatoms. The van der Waals surface area contributed by atoms with Crippen LogP contribution >= 0.6 is 0 Å². The Labute approximate surface area is 94.9 Å². The van der Waals surface area contributed by atoms with Crippen molar-refractivity contribution in [2.75, 3.05) is 0 Å². The van der Waals surface area contributed by atoms with Crippen molar-refractivity contribution in [1.29, 1.82) is 0 Å². The van der Waals surface area contributed by atoms with E-state index in [-0.39, 0.29) is 12.8 Å². The van der Waals surface area contributed by atoms with Gasteiger partial charge < -0.3 is 4.55 Å². The number of unbranched alkanes of at least 4 members (excludes halogenated alkanes) is 4. The topological polar surface area (TPSA) is 37.3 Å². The summed E-state index contributed by atoms with van der Waals surface area (Å²) < 4.78 is 33.9. The van der Waals surface area contributed by atoms with Crippen molar-refractivity contribution in [3.63, 3.8) is 0 Å². The van der Waals surface area contributed by atoms with Crippen molar-refractivity contribution in [3.05, 3.63) is 0 Å². The zero-order valence-corrected chi connectivity index (χ0v) is 10.6. The molecule has 0 heterocycles. The van der Waals surface area contributed by atoms with Gasteiger partial charge >= 0.3 is 0 Å². The molecule has 0 rings (SSSR count). The average Bonchev–Trinajstić information content (AvgIpc) is 2.21. The minimum Gasteiger partial charge on any atom is -0.304 e. The molecule has 2 nitrogen and oxygen atoms in total. The van der Waals surface area contributed by atoms with E-state index >= 15 is 0 Å². The molecule has 0 fully saturated rings. The molecule has 0 aromatic rings. The number of hydrogen-bond acceptors (Lipinski definition) is 1. The number of halogens is 1. The van der Waals surface area contributed by atoms with Gasteiger partial charge in [-0.3, -0.25) is 0 Å². The normalized spacial score (nSPS) is 17.3. The standard InChI is InChI=1S/C11H23FO2S/c1-3-5-7-8-10-11(12,15(13)14)9-6-4-2/h3-10H2,1-2H3,(H,13,14). The van der Waals surface area contributed by atoms with E-state index in [4.69, 9.17) is 4.55 Å². The summed E-state index contributed by atoms with van der Waals surface area (Å²) in [6.07, 6.45) is 5.79. The van der Waals surface area contributed by atoms with Crippen LogP contribution in [0.5, 0.6) is 0 Å². The molecular formula is C11H23FO2S. The van der Waals surface area contributed by atoms with Gasteiger partial charge in [-0.2, -0.15) is 0 Å². The first-order chi connectivity index (χ1) is 7.06. The Balaban J connectivity index is 3.96. The largest absolute Gasteiger partial charge is 0.304 e. The lowest BCUT2D eigenvalue weighted by atomic mass is 10.1. The van der Waals surface area contributed by atoms with Gasteiger partial charge in [0.1, 0.15) is 0 Å².